The maximum Gasteiger partial charge on any atom is 0.338 e. The molecule has 0 saturated carbocycles. The maximum atomic E-state index is 12.5. The quantitative estimate of drug-likeness (QED) is 0.563. The van der Waals surface area contributed by atoms with E-state index < -0.39 is 16.8 Å². The van der Waals surface area contributed by atoms with Crippen molar-refractivity contribution in [2.24, 2.45) is 0 Å². The summed E-state index contributed by atoms with van der Waals surface area (Å²) < 4.78 is 16.5. The molecule has 1 heterocycles. The van der Waals surface area contributed by atoms with Gasteiger partial charge in [-0.2, -0.15) is 0 Å². The number of carbonyl (C=O) groups is 2. The maximum absolute atomic E-state index is 12.5. The zero-order valence-corrected chi connectivity index (χ0v) is 14.7. The Labute approximate surface area is 147 Å². The number of aryl methyl sites for hydroxylation is 1. The lowest BCUT2D eigenvalue weighted by atomic mass is 10.1. The molecule has 0 unspecified atom stereocenters. The fraction of sp³-hybridized carbons (Fsp3) is 0.158. The number of para-hydroxylation sites is 1. The first kappa shape index (κ1) is 17.1. The van der Waals surface area contributed by atoms with Gasteiger partial charge in [-0.1, -0.05) is 18.2 Å². The number of hydrogen-bond donors (Lipinski definition) is 1. The van der Waals surface area contributed by atoms with Gasteiger partial charge in [0.25, 0.3) is 0 Å². The lowest BCUT2D eigenvalue weighted by Crippen LogP contribution is -2.15. The number of fused-ring (bicyclic) bond motifs is 1. The number of ether oxygens (including phenoxy) is 1. The number of hydrogen-bond acceptors (Lipinski definition) is 4. The molecule has 1 atom stereocenters. The molecule has 0 amide bonds. The minimum atomic E-state index is -1.11. The minimum Gasteiger partial charge on any atom is -0.454 e. The number of benzene rings is 2. The molecule has 0 aliphatic heterocycles. The number of ketones is 1. The van der Waals surface area contributed by atoms with Crippen LogP contribution < -0.4 is 0 Å². The molecule has 1 N–H and O–H groups in total. The van der Waals surface area contributed by atoms with E-state index in [9.17, 15) is 13.8 Å². The van der Waals surface area contributed by atoms with E-state index in [1.807, 2.05) is 31.2 Å². The summed E-state index contributed by atoms with van der Waals surface area (Å²) in [6, 6.07) is 13.8. The van der Waals surface area contributed by atoms with E-state index in [4.69, 9.17) is 4.74 Å². The third kappa shape index (κ3) is 3.53. The van der Waals surface area contributed by atoms with Crippen LogP contribution in [0, 0.1) is 6.92 Å². The van der Waals surface area contributed by atoms with Gasteiger partial charge in [0, 0.05) is 44.1 Å². The molecular weight excluding hydrogens is 338 g/mol. The monoisotopic (exact) mass is 355 g/mol. The summed E-state index contributed by atoms with van der Waals surface area (Å²) in [6.45, 7) is 1.49. The predicted molar refractivity (Wildman–Crippen MR) is 96.4 cm³/mol. The van der Waals surface area contributed by atoms with Crippen molar-refractivity contribution in [1.29, 1.82) is 0 Å². The highest BCUT2D eigenvalue weighted by Crippen LogP contribution is 2.22. The number of nitrogens with one attached hydrogen (secondary N) is 1. The van der Waals surface area contributed by atoms with Gasteiger partial charge in [-0.25, -0.2) is 4.79 Å². The molecule has 1 aromatic heterocycles. The SMILES string of the molecule is Cc1[nH]c2ccccc2c1C(=O)COC(=O)c1ccc([S@@](C)=O)cc1. The number of carbonyl (C=O) groups excluding carboxylic acids is 2. The molecule has 2 aromatic carbocycles. The zero-order valence-electron chi connectivity index (χ0n) is 13.9. The highest BCUT2D eigenvalue weighted by molar-refractivity contribution is 7.84. The molecule has 128 valence electrons. The minimum absolute atomic E-state index is 0.255. The Bertz CT molecular complexity index is 973. The Balaban J connectivity index is 1.72. The summed E-state index contributed by atoms with van der Waals surface area (Å²) in [5.41, 5.74) is 2.48. The van der Waals surface area contributed by atoms with Crippen molar-refractivity contribution in [3.8, 4) is 0 Å². The van der Waals surface area contributed by atoms with Crippen LogP contribution in [-0.2, 0) is 15.5 Å². The number of aromatic amines is 1. The number of rotatable bonds is 5. The summed E-state index contributed by atoms with van der Waals surface area (Å²) in [5, 5.41) is 0.816. The van der Waals surface area contributed by atoms with Gasteiger partial charge in [0.1, 0.15) is 0 Å². The molecule has 3 rings (SSSR count). The number of H-pyrrole nitrogens is 1. The molecular formula is C19H17NO4S. The first-order valence-electron chi connectivity index (χ1n) is 7.68. The average Bonchev–Trinajstić information content (AvgIpc) is 2.95. The van der Waals surface area contributed by atoms with Gasteiger partial charge in [0.05, 0.1) is 5.56 Å². The third-order valence-electron chi connectivity index (χ3n) is 3.93. The second-order valence-corrected chi connectivity index (χ2v) is 7.03. The standard InChI is InChI=1S/C19H17NO4S/c1-12-18(15-5-3-4-6-16(15)20-12)17(21)11-24-19(22)13-7-9-14(10-8-13)25(2)23/h3-10,20H,11H2,1-2H3/t25-/m1/s1. The summed E-state index contributed by atoms with van der Waals surface area (Å²) in [5.74, 6) is -0.839. The van der Waals surface area contributed by atoms with Gasteiger partial charge in [-0.15, -0.1) is 0 Å². The van der Waals surface area contributed by atoms with Gasteiger partial charge in [0.2, 0.25) is 5.78 Å². The van der Waals surface area contributed by atoms with E-state index in [0.717, 1.165) is 16.6 Å². The first-order chi connectivity index (χ1) is 12.0. The van der Waals surface area contributed by atoms with E-state index in [2.05, 4.69) is 4.98 Å². The Morgan fingerprint density at radius 3 is 2.44 bits per heavy atom. The molecule has 0 saturated heterocycles. The summed E-state index contributed by atoms with van der Waals surface area (Å²) in [4.78, 5) is 28.4. The van der Waals surface area contributed by atoms with Crippen molar-refractivity contribution < 1.29 is 18.5 Å². The molecule has 25 heavy (non-hydrogen) atoms. The van der Waals surface area contributed by atoms with Gasteiger partial charge in [-0.05, 0) is 37.3 Å². The van der Waals surface area contributed by atoms with Crippen molar-refractivity contribution in [2.45, 2.75) is 11.8 Å². The van der Waals surface area contributed by atoms with Crippen molar-refractivity contribution >= 4 is 33.5 Å². The van der Waals surface area contributed by atoms with Crippen LogP contribution >= 0.6 is 0 Å². The Hall–Kier alpha value is -2.73. The molecule has 0 bridgehead atoms. The van der Waals surface area contributed by atoms with Crippen LogP contribution in [0.5, 0.6) is 0 Å². The summed E-state index contributed by atoms with van der Waals surface area (Å²) >= 11 is 0. The second-order valence-electron chi connectivity index (χ2n) is 5.65. The van der Waals surface area contributed by atoms with Crippen LogP contribution in [0.2, 0.25) is 0 Å². The fourth-order valence-electron chi connectivity index (χ4n) is 2.71. The molecule has 6 heteroatoms. The van der Waals surface area contributed by atoms with Crippen molar-refractivity contribution in [3.63, 3.8) is 0 Å². The smallest absolute Gasteiger partial charge is 0.338 e. The summed E-state index contributed by atoms with van der Waals surface area (Å²) in [7, 11) is -1.11. The van der Waals surface area contributed by atoms with E-state index in [0.29, 0.717) is 16.0 Å². The van der Waals surface area contributed by atoms with E-state index in [1.165, 1.54) is 0 Å². The van der Waals surface area contributed by atoms with Crippen LogP contribution in [-0.4, -0.2) is 33.8 Å². The van der Waals surface area contributed by atoms with Crippen molar-refractivity contribution in [1.82, 2.24) is 4.98 Å². The number of Topliss-reactive ketones (excluding diaryl/α,β-unsaturated/α-hetero) is 1. The second kappa shape index (κ2) is 7.03. The van der Waals surface area contributed by atoms with E-state index in [-0.39, 0.29) is 12.4 Å². The highest BCUT2D eigenvalue weighted by Gasteiger charge is 2.18. The topological polar surface area (TPSA) is 76.2 Å². The predicted octanol–water partition coefficient (Wildman–Crippen LogP) is 3.25. The molecule has 0 aliphatic rings. The molecule has 0 radical (unpaired) electrons. The van der Waals surface area contributed by atoms with Gasteiger partial charge in [0.15, 0.2) is 6.61 Å². The number of esters is 1. The van der Waals surface area contributed by atoms with Crippen LogP contribution in [0.1, 0.15) is 26.4 Å². The van der Waals surface area contributed by atoms with E-state index in [1.54, 1.807) is 30.5 Å². The van der Waals surface area contributed by atoms with Gasteiger partial charge < -0.3 is 9.72 Å². The Kier molecular flexibility index (Phi) is 4.81. The highest BCUT2D eigenvalue weighted by atomic mass is 32.2. The summed E-state index contributed by atoms with van der Waals surface area (Å²) in [6.07, 6.45) is 1.57. The lowest BCUT2D eigenvalue weighted by Gasteiger charge is -2.05. The van der Waals surface area contributed by atoms with Crippen LogP contribution in [0.3, 0.4) is 0 Å². The average molecular weight is 355 g/mol. The lowest BCUT2D eigenvalue weighted by molar-refractivity contribution is 0.0475. The molecule has 3 aromatic rings. The molecule has 5 nitrogen and oxygen atoms in total. The van der Waals surface area contributed by atoms with Crippen LogP contribution in [0.25, 0.3) is 10.9 Å². The van der Waals surface area contributed by atoms with Crippen LogP contribution in [0.15, 0.2) is 53.4 Å². The van der Waals surface area contributed by atoms with E-state index >= 15 is 0 Å². The van der Waals surface area contributed by atoms with Crippen LogP contribution in [0.4, 0.5) is 0 Å². The number of aromatic nitrogens is 1. The Morgan fingerprint density at radius 1 is 1.08 bits per heavy atom. The third-order valence-corrected chi connectivity index (χ3v) is 4.86. The van der Waals surface area contributed by atoms with Crippen molar-refractivity contribution in [3.05, 3.63) is 65.4 Å². The molecule has 0 aliphatic carbocycles. The molecule has 0 spiro atoms. The van der Waals surface area contributed by atoms with Crippen molar-refractivity contribution in [2.75, 3.05) is 12.9 Å². The fourth-order valence-corrected chi connectivity index (χ4v) is 3.22. The van der Waals surface area contributed by atoms with Gasteiger partial charge in [-0.3, -0.25) is 9.00 Å². The Morgan fingerprint density at radius 2 is 1.76 bits per heavy atom. The largest absolute Gasteiger partial charge is 0.454 e. The van der Waals surface area contributed by atoms with Gasteiger partial charge >= 0.3 is 5.97 Å². The normalized spacial score (nSPS) is 12.1. The zero-order chi connectivity index (χ0) is 18.0. The molecule has 0 fully saturated rings. The first-order valence-corrected chi connectivity index (χ1v) is 9.24.